The quantitative estimate of drug-likeness (QED) is 0.285. The Bertz CT molecular complexity index is 656. The molecule has 2 aromatic rings. The fourth-order valence-corrected chi connectivity index (χ4v) is 2.54. The fraction of sp³-hybridized carbons (Fsp3) is 0.263. The van der Waals surface area contributed by atoms with Crippen molar-refractivity contribution in [2.75, 3.05) is 13.7 Å². The van der Waals surface area contributed by atoms with Crippen LogP contribution in [0.4, 0.5) is 0 Å². The molecule has 0 aromatic heterocycles. The Balaban J connectivity index is 1.83. The number of ether oxygens (including phenoxy) is 1. The number of hydrogen-bond donors (Lipinski definition) is 0. The molecule has 4 nitrogen and oxygen atoms in total. The van der Waals surface area contributed by atoms with Crippen molar-refractivity contribution in [3.8, 4) is 11.1 Å². The van der Waals surface area contributed by atoms with E-state index >= 15 is 0 Å². The molecule has 5 heteroatoms. The van der Waals surface area contributed by atoms with Crippen molar-refractivity contribution < 1.29 is 14.4 Å². The van der Waals surface area contributed by atoms with E-state index in [0.717, 1.165) is 24.0 Å². The molecule has 0 aliphatic carbocycles. The number of hydrogen-bond acceptors (Lipinski definition) is 4. The molecule has 2 aromatic carbocycles. The predicted molar refractivity (Wildman–Crippen MR) is 99.6 cm³/mol. The third kappa shape index (κ3) is 5.81. The molecule has 0 unspecified atom stereocenters. The number of carbonyl (C=O) groups is 1. The van der Waals surface area contributed by atoms with Crippen molar-refractivity contribution in [1.29, 1.82) is 0 Å². The third-order valence-corrected chi connectivity index (χ3v) is 4.13. The molecule has 0 radical (unpaired) electrons. The van der Waals surface area contributed by atoms with Crippen LogP contribution < -0.4 is 0 Å². The van der Waals surface area contributed by atoms with Crippen LogP contribution in [0, 0.1) is 0 Å². The summed E-state index contributed by atoms with van der Waals surface area (Å²) in [5.74, 6) is -0.315. The molecule has 0 N–H and O–H groups in total. The van der Waals surface area contributed by atoms with Gasteiger partial charge in [-0.3, -0.25) is 0 Å². The van der Waals surface area contributed by atoms with Gasteiger partial charge >= 0.3 is 5.97 Å². The topological polar surface area (TPSA) is 47.9 Å². The molecule has 24 heavy (non-hydrogen) atoms. The molecule has 0 aliphatic heterocycles. The van der Waals surface area contributed by atoms with E-state index in [9.17, 15) is 4.79 Å². The summed E-state index contributed by atoms with van der Waals surface area (Å²) in [6, 6.07) is 17.5. The monoisotopic (exact) mass is 389 g/mol. The number of alkyl halides is 1. The van der Waals surface area contributed by atoms with Crippen LogP contribution in [0.25, 0.3) is 11.1 Å². The van der Waals surface area contributed by atoms with Gasteiger partial charge in [-0.1, -0.05) is 63.6 Å². The Morgan fingerprint density at radius 1 is 1.12 bits per heavy atom. The first kappa shape index (κ1) is 18.2. The highest BCUT2D eigenvalue weighted by molar-refractivity contribution is 9.09. The zero-order valence-corrected chi connectivity index (χ0v) is 15.1. The van der Waals surface area contributed by atoms with Gasteiger partial charge in [0.15, 0.2) is 0 Å². The van der Waals surface area contributed by atoms with Gasteiger partial charge < -0.3 is 9.57 Å². The van der Waals surface area contributed by atoms with Crippen molar-refractivity contribution in [1.82, 2.24) is 0 Å². The Morgan fingerprint density at radius 3 is 2.46 bits per heavy atom. The van der Waals surface area contributed by atoms with Gasteiger partial charge in [0, 0.05) is 11.0 Å². The van der Waals surface area contributed by atoms with Gasteiger partial charge in [0.05, 0.1) is 5.56 Å². The number of rotatable bonds is 8. The van der Waals surface area contributed by atoms with E-state index in [1.807, 2.05) is 42.5 Å². The highest BCUT2D eigenvalue weighted by atomic mass is 79.9. The molecule has 0 saturated carbocycles. The summed E-state index contributed by atoms with van der Waals surface area (Å²) < 4.78 is 5.33. The standard InChI is InChI=1S/C19H20BrNO3/c1-23-21-13-5-8-18(20)14-24-19(22)17-11-9-16(10-12-17)15-6-3-2-4-7-15/h2-4,6-7,9-13,18H,5,8,14H2,1H3/t18-/m1/s1. The molecular formula is C19H20BrNO3. The van der Waals surface area contributed by atoms with E-state index in [2.05, 4.69) is 25.9 Å². The van der Waals surface area contributed by atoms with E-state index < -0.39 is 0 Å². The van der Waals surface area contributed by atoms with Gasteiger partial charge in [-0.05, 0) is 36.1 Å². The summed E-state index contributed by atoms with van der Waals surface area (Å²) in [6.45, 7) is 0.320. The summed E-state index contributed by atoms with van der Waals surface area (Å²) in [6.07, 6.45) is 3.26. The number of benzene rings is 2. The zero-order chi connectivity index (χ0) is 17.2. The average Bonchev–Trinajstić information content (AvgIpc) is 2.64. The summed E-state index contributed by atoms with van der Waals surface area (Å²) >= 11 is 3.49. The van der Waals surface area contributed by atoms with Crippen molar-refractivity contribution in [3.63, 3.8) is 0 Å². The summed E-state index contributed by atoms with van der Waals surface area (Å²) in [4.78, 5) is 16.8. The Labute approximate surface area is 150 Å². The first-order valence-electron chi connectivity index (χ1n) is 7.72. The highest BCUT2D eigenvalue weighted by Crippen LogP contribution is 2.19. The maximum Gasteiger partial charge on any atom is 0.338 e. The number of oxime groups is 1. The Kier molecular flexibility index (Phi) is 7.49. The molecule has 0 spiro atoms. The Hall–Kier alpha value is -2.14. The summed E-state index contributed by atoms with van der Waals surface area (Å²) in [5, 5.41) is 3.67. The van der Waals surface area contributed by atoms with Gasteiger partial charge in [-0.15, -0.1) is 0 Å². The van der Waals surface area contributed by atoms with E-state index in [1.54, 1.807) is 18.3 Å². The molecular weight excluding hydrogens is 370 g/mol. The molecule has 0 saturated heterocycles. The van der Waals surface area contributed by atoms with Gasteiger partial charge in [-0.25, -0.2) is 4.79 Å². The lowest BCUT2D eigenvalue weighted by Gasteiger charge is -2.10. The molecule has 0 aliphatic rings. The fourth-order valence-electron chi connectivity index (χ4n) is 2.14. The number of esters is 1. The minimum absolute atomic E-state index is 0.0911. The predicted octanol–water partition coefficient (Wildman–Crippen LogP) is 4.69. The second-order valence-electron chi connectivity index (χ2n) is 5.19. The van der Waals surface area contributed by atoms with Crippen LogP contribution in [0.2, 0.25) is 0 Å². The van der Waals surface area contributed by atoms with Crippen LogP contribution in [-0.4, -0.2) is 30.7 Å². The average molecular weight is 390 g/mol. The normalized spacial score (nSPS) is 12.1. The van der Waals surface area contributed by atoms with Gasteiger partial charge in [0.2, 0.25) is 0 Å². The van der Waals surface area contributed by atoms with Gasteiger partial charge in [0.25, 0.3) is 0 Å². The van der Waals surface area contributed by atoms with Crippen LogP contribution in [0.1, 0.15) is 23.2 Å². The minimum atomic E-state index is -0.315. The van der Waals surface area contributed by atoms with Crippen molar-refractivity contribution in [2.45, 2.75) is 17.7 Å². The molecule has 1 atom stereocenters. The number of nitrogens with zero attached hydrogens (tertiary/aromatic N) is 1. The lowest BCUT2D eigenvalue weighted by Crippen LogP contribution is -2.14. The van der Waals surface area contributed by atoms with Gasteiger partial charge in [-0.2, -0.15) is 0 Å². The van der Waals surface area contributed by atoms with Crippen LogP contribution in [0.3, 0.4) is 0 Å². The maximum absolute atomic E-state index is 12.1. The second kappa shape index (κ2) is 9.88. The lowest BCUT2D eigenvalue weighted by atomic mass is 10.0. The molecule has 0 bridgehead atoms. The Morgan fingerprint density at radius 2 is 1.79 bits per heavy atom. The van der Waals surface area contributed by atoms with Crippen LogP contribution in [-0.2, 0) is 9.57 Å². The first-order chi connectivity index (χ1) is 11.7. The zero-order valence-electron chi connectivity index (χ0n) is 13.5. The van der Waals surface area contributed by atoms with E-state index in [4.69, 9.17) is 4.74 Å². The van der Waals surface area contributed by atoms with E-state index in [1.165, 1.54) is 7.11 Å². The van der Waals surface area contributed by atoms with Crippen LogP contribution in [0.15, 0.2) is 59.8 Å². The molecule has 0 fully saturated rings. The SMILES string of the molecule is CON=CCC[C@@H](Br)COC(=O)c1ccc(-c2ccccc2)cc1. The summed E-state index contributed by atoms with van der Waals surface area (Å²) in [7, 11) is 1.51. The van der Waals surface area contributed by atoms with Crippen LogP contribution >= 0.6 is 15.9 Å². The molecule has 2 rings (SSSR count). The second-order valence-corrected chi connectivity index (χ2v) is 6.48. The first-order valence-corrected chi connectivity index (χ1v) is 8.64. The largest absolute Gasteiger partial charge is 0.461 e. The number of halogens is 1. The smallest absolute Gasteiger partial charge is 0.338 e. The summed E-state index contributed by atoms with van der Waals surface area (Å²) in [5.41, 5.74) is 2.74. The van der Waals surface area contributed by atoms with E-state index in [0.29, 0.717) is 12.2 Å². The minimum Gasteiger partial charge on any atom is -0.461 e. The molecule has 0 heterocycles. The lowest BCUT2D eigenvalue weighted by molar-refractivity contribution is 0.0506. The molecule has 126 valence electrons. The van der Waals surface area contributed by atoms with Crippen LogP contribution in [0.5, 0.6) is 0 Å². The third-order valence-electron chi connectivity index (χ3n) is 3.41. The van der Waals surface area contributed by atoms with Crippen molar-refractivity contribution in [3.05, 3.63) is 60.2 Å². The highest BCUT2D eigenvalue weighted by Gasteiger charge is 2.11. The van der Waals surface area contributed by atoms with Crippen molar-refractivity contribution in [2.24, 2.45) is 5.16 Å². The van der Waals surface area contributed by atoms with E-state index in [-0.39, 0.29) is 10.8 Å². The van der Waals surface area contributed by atoms with Gasteiger partial charge in [0.1, 0.15) is 13.7 Å². The maximum atomic E-state index is 12.1. The number of carbonyl (C=O) groups excluding carboxylic acids is 1. The molecule has 0 amide bonds. The van der Waals surface area contributed by atoms with Crippen molar-refractivity contribution >= 4 is 28.1 Å².